The van der Waals surface area contributed by atoms with Crippen molar-refractivity contribution in [3.63, 3.8) is 0 Å². The topological polar surface area (TPSA) is 88.5 Å². The lowest BCUT2D eigenvalue weighted by atomic mass is 9.81. The maximum atomic E-state index is 12.5. The number of nitrogens with zero attached hydrogens (tertiary/aromatic N) is 4. The molecule has 2 aliphatic rings. The fourth-order valence-electron chi connectivity index (χ4n) is 4.73. The van der Waals surface area contributed by atoms with E-state index in [0.29, 0.717) is 18.0 Å². The zero-order chi connectivity index (χ0) is 19.7. The number of amides is 2. The molecule has 2 aromatic heterocycles. The summed E-state index contributed by atoms with van der Waals surface area (Å²) in [5.41, 5.74) is 6.67. The molecule has 2 N–H and O–H groups in total. The molecule has 2 fully saturated rings. The van der Waals surface area contributed by atoms with Crippen LogP contribution < -0.4 is 10.6 Å². The van der Waals surface area contributed by atoms with Crippen molar-refractivity contribution >= 4 is 23.1 Å². The zero-order valence-corrected chi connectivity index (χ0v) is 17.5. The van der Waals surface area contributed by atoms with Gasteiger partial charge in [0.25, 0.3) is 5.89 Å². The molecule has 8 heteroatoms. The summed E-state index contributed by atoms with van der Waals surface area (Å²) in [5.74, 6) is 1.20. The molecular formula is C20H29N5O2S. The zero-order valence-electron chi connectivity index (χ0n) is 16.6. The molecule has 7 nitrogen and oxygen atoms in total. The van der Waals surface area contributed by atoms with Gasteiger partial charge in [-0.3, -0.25) is 4.90 Å². The van der Waals surface area contributed by atoms with Gasteiger partial charge in [-0.05, 0) is 50.6 Å². The van der Waals surface area contributed by atoms with Crippen molar-refractivity contribution in [2.24, 2.45) is 5.73 Å². The average molecular weight is 404 g/mol. The van der Waals surface area contributed by atoms with E-state index in [1.165, 1.54) is 30.6 Å². The third-order valence-electron chi connectivity index (χ3n) is 6.24. The number of rotatable bonds is 6. The molecule has 0 aliphatic carbocycles. The van der Waals surface area contributed by atoms with Crippen molar-refractivity contribution < 1.29 is 9.32 Å². The number of anilines is 1. The number of nitrogens with two attached hydrogens (primary N) is 1. The fraction of sp³-hybridized carbons (Fsp3) is 0.650. The Bertz CT molecular complexity index is 805. The Morgan fingerprint density at radius 2 is 2.14 bits per heavy atom. The van der Waals surface area contributed by atoms with Gasteiger partial charge < -0.3 is 15.2 Å². The van der Waals surface area contributed by atoms with E-state index in [9.17, 15) is 4.79 Å². The van der Waals surface area contributed by atoms with E-state index in [1.54, 1.807) is 4.90 Å². The first-order chi connectivity index (χ1) is 13.6. The van der Waals surface area contributed by atoms with Crippen molar-refractivity contribution in [1.29, 1.82) is 0 Å². The minimum atomic E-state index is -0.405. The van der Waals surface area contributed by atoms with E-state index in [0.717, 1.165) is 48.5 Å². The second-order valence-corrected chi connectivity index (χ2v) is 8.91. The number of aromatic nitrogens is 2. The molecule has 2 atom stereocenters. The smallest absolute Gasteiger partial charge is 0.319 e. The van der Waals surface area contributed by atoms with Crippen molar-refractivity contribution in [2.75, 3.05) is 11.9 Å². The summed E-state index contributed by atoms with van der Waals surface area (Å²) >= 11 is 1.52. The van der Waals surface area contributed by atoms with Gasteiger partial charge in [0.15, 0.2) is 5.82 Å². The van der Waals surface area contributed by atoms with Gasteiger partial charge in [0, 0.05) is 24.5 Å². The van der Waals surface area contributed by atoms with E-state index in [2.05, 4.69) is 29.0 Å². The van der Waals surface area contributed by atoms with Crippen LogP contribution in [0, 0.1) is 0 Å². The van der Waals surface area contributed by atoms with Crippen LogP contribution in [0.1, 0.15) is 57.7 Å². The highest BCUT2D eigenvalue weighted by atomic mass is 32.1. The normalized spacial score (nSPS) is 25.0. The predicted octanol–water partition coefficient (Wildman–Crippen LogP) is 4.04. The Labute approximate surface area is 169 Å². The Balaban J connectivity index is 1.61. The van der Waals surface area contributed by atoms with Gasteiger partial charge in [-0.1, -0.05) is 24.9 Å². The predicted molar refractivity (Wildman–Crippen MR) is 110 cm³/mol. The lowest BCUT2D eigenvalue weighted by Crippen LogP contribution is -2.57. The third-order valence-corrected chi connectivity index (χ3v) is 7.13. The van der Waals surface area contributed by atoms with E-state index in [4.69, 9.17) is 10.3 Å². The number of hydrogen-bond acceptors (Lipinski definition) is 6. The number of unbranched alkanes of at least 4 members (excludes halogenated alkanes) is 1. The highest BCUT2D eigenvalue weighted by Gasteiger charge is 2.40. The highest BCUT2D eigenvalue weighted by Crippen LogP contribution is 2.41. The van der Waals surface area contributed by atoms with E-state index in [-0.39, 0.29) is 6.04 Å². The van der Waals surface area contributed by atoms with Crippen molar-refractivity contribution in [1.82, 2.24) is 15.0 Å². The van der Waals surface area contributed by atoms with Gasteiger partial charge in [0.05, 0.1) is 5.69 Å². The molecule has 2 bridgehead atoms. The average Bonchev–Trinajstić information content (AvgIpc) is 3.30. The van der Waals surface area contributed by atoms with E-state index < -0.39 is 6.03 Å². The summed E-state index contributed by atoms with van der Waals surface area (Å²) in [4.78, 5) is 22.2. The van der Waals surface area contributed by atoms with Crippen LogP contribution in [0.3, 0.4) is 0 Å². The minimum absolute atomic E-state index is 0.111. The SMILES string of the molecule is CCCCc1noc(-c2sccc2N(C(N)=O)C2CC3CCCC(C2)N3C)n1. The molecule has 28 heavy (non-hydrogen) atoms. The molecule has 2 saturated heterocycles. The third kappa shape index (κ3) is 3.67. The minimum Gasteiger partial charge on any atom is -0.351 e. The van der Waals surface area contributed by atoms with Crippen LogP contribution in [0.15, 0.2) is 16.0 Å². The molecule has 2 amide bonds. The van der Waals surface area contributed by atoms with Crippen LogP contribution in [0.2, 0.25) is 0 Å². The Morgan fingerprint density at radius 1 is 1.39 bits per heavy atom. The molecule has 4 rings (SSSR count). The molecule has 2 unspecified atom stereocenters. The second-order valence-electron chi connectivity index (χ2n) is 7.99. The standard InChI is InChI=1S/C20H29N5O2S/c1-3-4-8-17-22-19(27-23-17)18-16(9-10-28-18)25(20(21)26)15-11-13-6-5-7-14(12-15)24(13)2/h9-10,13-15H,3-8,11-12H2,1-2H3,(H2,21,26). The van der Waals surface area contributed by atoms with Crippen LogP contribution in [0.4, 0.5) is 10.5 Å². The van der Waals surface area contributed by atoms with Crippen LogP contribution in [-0.4, -0.2) is 46.2 Å². The van der Waals surface area contributed by atoms with E-state index >= 15 is 0 Å². The van der Waals surface area contributed by atoms with E-state index in [1.807, 2.05) is 11.4 Å². The lowest BCUT2D eigenvalue weighted by molar-refractivity contribution is 0.0564. The first kappa shape index (κ1) is 19.4. The second kappa shape index (κ2) is 8.21. The monoisotopic (exact) mass is 403 g/mol. The molecule has 4 heterocycles. The molecule has 0 radical (unpaired) electrons. The first-order valence-corrected chi connectivity index (χ1v) is 11.2. The molecule has 2 aromatic rings. The summed E-state index contributed by atoms with van der Waals surface area (Å²) in [6.45, 7) is 2.14. The summed E-state index contributed by atoms with van der Waals surface area (Å²) < 4.78 is 5.52. The highest BCUT2D eigenvalue weighted by molar-refractivity contribution is 7.14. The van der Waals surface area contributed by atoms with Gasteiger partial charge in [-0.25, -0.2) is 4.79 Å². The molecular weight excluding hydrogens is 374 g/mol. The molecule has 0 saturated carbocycles. The van der Waals surface area contributed by atoms with Crippen LogP contribution in [-0.2, 0) is 6.42 Å². The number of thiophene rings is 1. The first-order valence-electron chi connectivity index (χ1n) is 10.3. The fourth-order valence-corrected chi connectivity index (χ4v) is 5.53. The summed E-state index contributed by atoms with van der Waals surface area (Å²) in [5, 5.41) is 6.07. The van der Waals surface area contributed by atoms with Crippen molar-refractivity contribution in [3.8, 4) is 10.8 Å². The van der Waals surface area contributed by atoms with Gasteiger partial charge in [0.1, 0.15) is 4.88 Å². The number of piperidine rings is 2. The number of urea groups is 1. The quantitative estimate of drug-likeness (QED) is 0.786. The van der Waals surface area contributed by atoms with Crippen LogP contribution >= 0.6 is 11.3 Å². The summed E-state index contributed by atoms with van der Waals surface area (Å²) in [7, 11) is 2.21. The van der Waals surface area contributed by atoms with Gasteiger partial charge in [-0.2, -0.15) is 4.98 Å². The van der Waals surface area contributed by atoms with Gasteiger partial charge in [0.2, 0.25) is 0 Å². The maximum Gasteiger partial charge on any atom is 0.319 e. The molecule has 0 aromatic carbocycles. The van der Waals surface area contributed by atoms with Crippen molar-refractivity contribution in [3.05, 3.63) is 17.3 Å². The summed E-state index contributed by atoms with van der Waals surface area (Å²) in [6, 6.07) is 2.70. The Morgan fingerprint density at radius 3 is 2.82 bits per heavy atom. The number of fused-ring (bicyclic) bond motifs is 2. The Kier molecular flexibility index (Phi) is 5.68. The number of aryl methyl sites for hydroxylation is 1. The summed E-state index contributed by atoms with van der Waals surface area (Å²) in [6.07, 6.45) is 8.49. The molecule has 2 aliphatic heterocycles. The van der Waals surface area contributed by atoms with Gasteiger partial charge >= 0.3 is 6.03 Å². The molecule has 152 valence electrons. The number of primary amides is 1. The van der Waals surface area contributed by atoms with Gasteiger partial charge in [-0.15, -0.1) is 11.3 Å². The number of carbonyl (C=O) groups is 1. The molecule has 0 spiro atoms. The van der Waals surface area contributed by atoms with Crippen LogP contribution in [0.5, 0.6) is 0 Å². The maximum absolute atomic E-state index is 12.5. The van der Waals surface area contributed by atoms with Crippen LogP contribution in [0.25, 0.3) is 10.8 Å². The van der Waals surface area contributed by atoms with Crippen molar-refractivity contribution in [2.45, 2.75) is 76.4 Å². The lowest BCUT2D eigenvalue weighted by Gasteiger charge is -2.49. The Hall–Kier alpha value is -1.93. The largest absolute Gasteiger partial charge is 0.351 e. The number of carbonyl (C=O) groups excluding carboxylic acids is 1. The number of hydrogen-bond donors (Lipinski definition) is 1.